The summed E-state index contributed by atoms with van der Waals surface area (Å²) >= 11 is 12.2. The standard InChI is InChI=1S/C28H33Cl2N3O4/c29-19-12-11-17(15-20(19)30)32-25(34)22-21-13-14-28(37-21)23(22)27(36)33(18-9-5-2-6-10-18)24(28)26(35)31-16-7-3-1-4-8-16/h11-16,18,21-24H,1-10H2,(H,31,35)(H,32,34)/t21-,22-,23-,24+,28-/m0/s1. The van der Waals surface area contributed by atoms with E-state index in [9.17, 15) is 14.4 Å². The van der Waals surface area contributed by atoms with Crippen molar-refractivity contribution in [2.75, 3.05) is 5.32 Å². The first-order valence-electron chi connectivity index (χ1n) is 13.6. The van der Waals surface area contributed by atoms with E-state index in [-0.39, 0.29) is 29.8 Å². The van der Waals surface area contributed by atoms with Crippen molar-refractivity contribution in [2.24, 2.45) is 11.8 Å². The van der Waals surface area contributed by atoms with Crippen LogP contribution in [0.4, 0.5) is 5.69 Å². The monoisotopic (exact) mass is 545 g/mol. The average molecular weight is 546 g/mol. The number of halogens is 2. The van der Waals surface area contributed by atoms with E-state index in [4.69, 9.17) is 27.9 Å². The fourth-order valence-corrected chi connectivity index (χ4v) is 7.58. The number of amides is 3. The Bertz CT molecular complexity index is 1130. The van der Waals surface area contributed by atoms with E-state index in [1.54, 1.807) is 23.1 Å². The van der Waals surface area contributed by atoms with Crippen LogP contribution in [0.3, 0.4) is 0 Å². The number of ether oxygens (including phenoxy) is 1. The van der Waals surface area contributed by atoms with Crippen LogP contribution in [0.5, 0.6) is 0 Å². The highest BCUT2D eigenvalue weighted by Crippen LogP contribution is 2.56. The molecule has 4 fully saturated rings. The fraction of sp³-hybridized carbons (Fsp3) is 0.607. The van der Waals surface area contributed by atoms with Gasteiger partial charge in [0.15, 0.2) is 0 Å². The van der Waals surface area contributed by atoms with Crippen molar-refractivity contribution in [2.45, 2.75) is 94.0 Å². The lowest BCUT2D eigenvalue weighted by atomic mass is 9.74. The van der Waals surface area contributed by atoms with Gasteiger partial charge < -0.3 is 20.3 Å². The number of hydrogen-bond donors (Lipinski definition) is 2. The molecule has 2 saturated heterocycles. The third-order valence-electron chi connectivity index (χ3n) is 8.97. The van der Waals surface area contributed by atoms with E-state index in [0.29, 0.717) is 15.7 Å². The first kappa shape index (κ1) is 25.2. The van der Waals surface area contributed by atoms with Gasteiger partial charge in [-0.15, -0.1) is 0 Å². The molecule has 2 aliphatic carbocycles. The van der Waals surface area contributed by atoms with E-state index in [2.05, 4.69) is 10.6 Å². The van der Waals surface area contributed by atoms with E-state index in [1.165, 1.54) is 6.42 Å². The quantitative estimate of drug-likeness (QED) is 0.517. The molecular weight excluding hydrogens is 513 g/mol. The zero-order valence-corrected chi connectivity index (χ0v) is 22.3. The summed E-state index contributed by atoms with van der Waals surface area (Å²) in [6.45, 7) is 0. The number of hydrogen-bond acceptors (Lipinski definition) is 4. The smallest absolute Gasteiger partial charge is 0.246 e. The molecule has 2 saturated carbocycles. The van der Waals surface area contributed by atoms with Crippen LogP contribution in [-0.4, -0.2) is 52.5 Å². The van der Waals surface area contributed by atoms with Gasteiger partial charge in [0.05, 0.1) is 28.0 Å². The molecule has 7 nitrogen and oxygen atoms in total. The van der Waals surface area contributed by atoms with Crippen molar-refractivity contribution in [1.29, 1.82) is 0 Å². The number of nitrogens with zero attached hydrogens (tertiary/aromatic N) is 1. The number of nitrogens with one attached hydrogen (secondary N) is 2. The summed E-state index contributed by atoms with van der Waals surface area (Å²) < 4.78 is 6.47. The van der Waals surface area contributed by atoms with Gasteiger partial charge >= 0.3 is 0 Å². The molecule has 9 heteroatoms. The van der Waals surface area contributed by atoms with Gasteiger partial charge in [0.2, 0.25) is 17.7 Å². The zero-order chi connectivity index (χ0) is 25.7. The minimum Gasteiger partial charge on any atom is -0.359 e. The Hall–Kier alpha value is -2.09. The Morgan fingerprint density at radius 3 is 2.35 bits per heavy atom. The molecule has 5 aliphatic rings. The number of carbonyl (C=O) groups is 3. The lowest BCUT2D eigenvalue weighted by Gasteiger charge is -2.39. The SMILES string of the molecule is O=C(Nc1ccc(Cl)c(Cl)c1)[C@H]1[C@@H]2C=C[C@]3(O2)[C@@H]1C(=O)N(C1CCCCC1)[C@@H]3C(=O)NC1CCCCC1. The molecule has 3 amide bonds. The first-order valence-corrected chi connectivity index (χ1v) is 14.4. The molecule has 3 aliphatic heterocycles. The Labute approximate surface area is 227 Å². The number of benzene rings is 1. The normalized spacial score (nSPS) is 33.6. The summed E-state index contributed by atoms with van der Waals surface area (Å²) in [6, 6.07) is 4.23. The number of rotatable bonds is 5. The predicted octanol–water partition coefficient (Wildman–Crippen LogP) is 4.86. The Balaban J connectivity index is 1.31. The summed E-state index contributed by atoms with van der Waals surface area (Å²) in [5.41, 5.74) is -0.626. The van der Waals surface area contributed by atoms with Gasteiger partial charge in [0.1, 0.15) is 11.6 Å². The number of fused-ring (bicyclic) bond motifs is 1. The van der Waals surface area contributed by atoms with Gasteiger partial charge in [-0.3, -0.25) is 14.4 Å². The predicted molar refractivity (Wildman–Crippen MR) is 141 cm³/mol. The van der Waals surface area contributed by atoms with Crippen LogP contribution in [0.25, 0.3) is 0 Å². The number of carbonyl (C=O) groups excluding carboxylic acids is 3. The van der Waals surface area contributed by atoms with Crippen molar-refractivity contribution in [3.8, 4) is 0 Å². The van der Waals surface area contributed by atoms with Crippen molar-refractivity contribution < 1.29 is 19.1 Å². The molecule has 2 bridgehead atoms. The molecule has 1 spiro atoms. The van der Waals surface area contributed by atoms with Crippen LogP contribution in [0.1, 0.15) is 64.2 Å². The fourth-order valence-electron chi connectivity index (χ4n) is 7.29. The molecule has 0 aromatic heterocycles. The van der Waals surface area contributed by atoms with E-state index >= 15 is 0 Å². The lowest BCUT2D eigenvalue weighted by Crippen LogP contribution is -2.58. The highest BCUT2D eigenvalue weighted by Gasteiger charge is 2.73. The van der Waals surface area contributed by atoms with Gasteiger partial charge in [-0.2, -0.15) is 0 Å². The third-order valence-corrected chi connectivity index (χ3v) is 9.71. The molecule has 2 N–H and O–H groups in total. The number of anilines is 1. The molecular formula is C28H33Cl2N3O4. The molecule has 3 heterocycles. The molecule has 0 unspecified atom stereocenters. The molecule has 1 aromatic rings. The topological polar surface area (TPSA) is 87.7 Å². The molecule has 198 valence electrons. The van der Waals surface area contributed by atoms with Crippen molar-refractivity contribution in [3.63, 3.8) is 0 Å². The van der Waals surface area contributed by atoms with Crippen LogP contribution in [0.15, 0.2) is 30.4 Å². The third kappa shape index (κ3) is 4.27. The van der Waals surface area contributed by atoms with E-state index < -0.39 is 29.6 Å². The van der Waals surface area contributed by atoms with Gasteiger partial charge in [-0.25, -0.2) is 0 Å². The first-order chi connectivity index (χ1) is 17.9. The molecule has 0 radical (unpaired) electrons. The second-order valence-electron chi connectivity index (χ2n) is 11.2. The Morgan fingerprint density at radius 1 is 0.946 bits per heavy atom. The molecule has 5 atom stereocenters. The Kier molecular flexibility index (Phi) is 6.74. The highest BCUT2D eigenvalue weighted by molar-refractivity contribution is 6.42. The van der Waals surface area contributed by atoms with Crippen LogP contribution in [0, 0.1) is 11.8 Å². The summed E-state index contributed by atoms with van der Waals surface area (Å²) in [5, 5.41) is 6.89. The number of likely N-dealkylation sites (tertiary alicyclic amines) is 1. The second-order valence-corrected chi connectivity index (χ2v) is 12.0. The molecule has 37 heavy (non-hydrogen) atoms. The summed E-state index contributed by atoms with van der Waals surface area (Å²) in [7, 11) is 0. The second kappa shape index (κ2) is 9.90. The largest absolute Gasteiger partial charge is 0.359 e. The van der Waals surface area contributed by atoms with Gasteiger partial charge in [0, 0.05) is 17.8 Å². The van der Waals surface area contributed by atoms with Gasteiger partial charge in [-0.1, -0.05) is 73.9 Å². The average Bonchev–Trinajstić information content (AvgIpc) is 3.54. The van der Waals surface area contributed by atoms with Gasteiger partial charge in [-0.05, 0) is 43.9 Å². The molecule has 1 aromatic carbocycles. The highest BCUT2D eigenvalue weighted by atomic mass is 35.5. The summed E-state index contributed by atoms with van der Waals surface area (Å²) in [4.78, 5) is 43.5. The maximum atomic E-state index is 14.2. The van der Waals surface area contributed by atoms with Crippen molar-refractivity contribution in [1.82, 2.24) is 10.2 Å². The minimum atomic E-state index is -1.13. The maximum absolute atomic E-state index is 14.2. The lowest BCUT2D eigenvalue weighted by molar-refractivity contribution is -0.144. The minimum absolute atomic E-state index is 0.0156. The van der Waals surface area contributed by atoms with Crippen LogP contribution in [0.2, 0.25) is 10.0 Å². The maximum Gasteiger partial charge on any atom is 0.246 e. The van der Waals surface area contributed by atoms with Crippen LogP contribution in [-0.2, 0) is 19.1 Å². The summed E-state index contributed by atoms with van der Waals surface area (Å²) in [5.74, 6) is -2.08. The Morgan fingerprint density at radius 2 is 1.65 bits per heavy atom. The summed E-state index contributed by atoms with van der Waals surface area (Å²) in [6.07, 6.45) is 13.4. The van der Waals surface area contributed by atoms with Gasteiger partial charge in [0.25, 0.3) is 0 Å². The van der Waals surface area contributed by atoms with Crippen LogP contribution >= 0.6 is 23.2 Å². The van der Waals surface area contributed by atoms with Crippen LogP contribution < -0.4 is 10.6 Å². The molecule has 6 rings (SSSR count). The zero-order valence-electron chi connectivity index (χ0n) is 20.8. The van der Waals surface area contributed by atoms with Crippen molar-refractivity contribution in [3.05, 3.63) is 40.4 Å². The van der Waals surface area contributed by atoms with E-state index in [0.717, 1.165) is 57.8 Å². The van der Waals surface area contributed by atoms with E-state index in [1.807, 2.05) is 12.2 Å². The van der Waals surface area contributed by atoms with Crippen molar-refractivity contribution >= 4 is 46.6 Å².